The maximum atomic E-state index is 2.60. The number of aryl methyl sites for hydroxylation is 1. The molecule has 0 radical (unpaired) electrons. The van der Waals surface area contributed by atoms with E-state index in [0.29, 0.717) is 0 Å². The minimum atomic E-state index is -2.65. The molecule has 0 aromatic heterocycles. The molecule has 3 heteroatoms. The third-order valence-electron chi connectivity index (χ3n) is 8.94. The van der Waals surface area contributed by atoms with Gasteiger partial charge < -0.3 is 0 Å². The van der Waals surface area contributed by atoms with Crippen LogP contribution in [0.3, 0.4) is 0 Å². The Kier molecular flexibility index (Phi) is 6.06. The van der Waals surface area contributed by atoms with E-state index in [1.807, 2.05) is 0 Å². The molecule has 5 aromatic rings. The first kappa shape index (κ1) is 25.1. The second kappa shape index (κ2) is 9.19. The van der Waals surface area contributed by atoms with Gasteiger partial charge in [0.2, 0.25) is 0 Å². The first-order valence-electron chi connectivity index (χ1n) is 13.7. The highest BCUT2D eigenvalue weighted by Crippen LogP contribution is 2.17. The van der Waals surface area contributed by atoms with Crippen LogP contribution in [0.2, 0.25) is 26.2 Å². The molecule has 0 amide bonds. The molecule has 0 fully saturated rings. The van der Waals surface area contributed by atoms with Gasteiger partial charge in [0.25, 0.3) is 0 Å². The SMILES string of the molecule is Cc1ccc2c(c1)[Si](C)(C)c1ccccc1[Si](c1ccccc1)(c1ccccc1)c1ccccc1[Si]2(C)C. The lowest BCUT2D eigenvalue weighted by Crippen LogP contribution is -2.82. The van der Waals surface area contributed by atoms with Gasteiger partial charge in [-0.1, -0.05) is 180 Å². The Morgan fingerprint density at radius 2 is 0.737 bits per heavy atom. The molecule has 0 unspecified atom stereocenters. The van der Waals surface area contributed by atoms with E-state index < -0.39 is 24.2 Å². The van der Waals surface area contributed by atoms with Gasteiger partial charge in [-0.25, -0.2) is 0 Å². The summed E-state index contributed by atoms with van der Waals surface area (Å²) in [5.41, 5.74) is 1.37. The molecule has 38 heavy (non-hydrogen) atoms. The molecule has 0 N–H and O–H groups in total. The monoisotopic (exact) mass is 540 g/mol. The second-order valence-corrected chi connectivity index (χ2v) is 24.3. The maximum Gasteiger partial charge on any atom is 0.179 e. The van der Waals surface area contributed by atoms with E-state index in [0.717, 1.165) is 0 Å². The first-order chi connectivity index (χ1) is 18.3. The largest absolute Gasteiger partial charge is 0.179 e. The minimum Gasteiger partial charge on any atom is -0.0627 e. The van der Waals surface area contributed by atoms with Crippen LogP contribution in [0.5, 0.6) is 0 Å². The Labute approximate surface area is 231 Å². The average Bonchev–Trinajstić information content (AvgIpc) is 2.96. The van der Waals surface area contributed by atoms with Crippen LogP contribution >= 0.6 is 0 Å². The Hall–Kier alpha value is -3.25. The molecule has 0 nitrogen and oxygen atoms in total. The topological polar surface area (TPSA) is 0 Å². The van der Waals surface area contributed by atoms with Crippen LogP contribution < -0.4 is 41.5 Å². The summed E-state index contributed by atoms with van der Waals surface area (Å²) in [6.45, 7) is 12.6. The quantitative estimate of drug-likeness (QED) is 0.301. The summed E-state index contributed by atoms with van der Waals surface area (Å²) in [5, 5.41) is 12.5. The molecule has 5 aromatic carbocycles. The lowest BCUT2D eigenvalue weighted by atomic mass is 10.2. The van der Waals surface area contributed by atoms with Crippen molar-refractivity contribution < 1.29 is 0 Å². The van der Waals surface area contributed by atoms with Gasteiger partial charge in [-0.05, 0) is 27.7 Å². The van der Waals surface area contributed by atoms with E-state index in [1.54, 1.807) is 31.1 Å². The lowest BCUT2D eigenvalue weighted by molar-refractivity contribution is 1.49. The molecule has 0 saturated heterocycles. The van der Waals surface area contributed by atoms with E-state index in [1.165, 1.54) is 15.9 Å². The second-order valence-electron chi connectivity index (χ2n) is 11.9. The van der Waals surface area contributed by atoms with Gasteiger partial charge in [-0.2, -0.15) is 0 Å². The van der Waals surface area contributed by atoms with Crippen molar-refractivity contribution in [3.63, 3.8) is 0 Å². The van der Waals surface area contributed by atoms with Crippen LogP contribution in [0.15, 0.2) is 127 Å². The van der Waals surface area contributed by atoms with Crippen LogP contribution in [-0.2, 0) is 0 Å². The maximum absolute atomic E-state index is 2.65. The zero-order chi connectivity index (χ0) is 26.5. The number of rotatable bonds is 2. The van der Waals surface area contributed by atoms with Crippen molar-refractivity contribution in [3.05, 3.63) is 133 Å². The summed E-state index contributed by atoms with van der Waals surface area (Å²) in [5.74, 6) is 0. The first-order valence-corrected chi connectivity index (χ1v) is 21.7. The van der Waals surface area contributed by atoms with Gasteiger partial charge in [0, 0.05) is 0 Å². The van der Waals surface area contributed by atoms with Crippen LogP contribution in [0.1, 0.15) is 5.56 Å². The third kappa shape index (κ3) is 3.60. The number of benzene rings is 5. The van der Waals surface area contributed by atoms with Gasteiger partial charge in [-0.15, -0.1) is 0 Å². The van der Waals surface area contributed by atoms with E-state index in [2.05, 4.69) is 161 Å². The Morgan fingerprint density at radius 1 is 0.368 bits per heavy atom. The van der Waals surface area contributed by atoms with Crippen molar-refractivity contribution in [2.24, 2.45) is 0 Å². The van der Waals surface area contributed by atoms with Gasteiger partial charge in [-0.3, -0.25) is 0 Å². The van der Waals surface area contributed by atoms with Crippen molar-refractivity contribution in [1.29, 1.82) is 0 Å². The van der Waals surface area contributed by atoms with Crippen molar-refractivity contribution >= 4 is 65.7 Å². The molecule has 0 aliphatic carbocycles. The molecule has 0 saturated carbocycles. The van der Waals surface area contributed by atoms with Gasteiger partial charge in [0.1, 0.15) is 16.1 Å². The zero-order valence-corrected chi connectivity index (χ0v) is 26.1. The molecule has 0 spiro atoms. The van der Waals surface area contributed by atoms with Gasteiger partial charge in [0.15, 0.2) is 8.07 Å². The van der Waals surface area contributed by atoms with Crippen molar-refractivity contribution in [1.82, 2.24) is 0 Å². The van der Waals surface area contributed by atoms with E-state index in [4.69, 9.17) is 0 Å². The predicted molar refractivity (Wildman–Crippen MR) is 175 cm³/mol. The van der Waals surface area contributed by atoms with Crippen LogP contribution in [0, 0.1) is 6.92 Å². The van der Waals surface area contributed by atoms with E-state index in [9.17, 15) is 0 Å². The van der Waals surface area contributed by atoms with Crippen molar-refractivity contribution in [3.8, 4) is 0 Å². The standard InChI is InChI=1S/C35H36Si3/c1-27-24-25-32-35(26-27)37(4,5)31-21-13-15-23-34(31)38(28-16-8-6-9-17-28,29-18-10-7-11-19-29)33-22-14-12-20-30(33)36(32,2)3/h6-26H,1-5H3. The summed E-state index contributed by atoms with van der Waals surface area (Å²) in [4.78, 5) is 0. The summed E-state index contributed by atoms with van der Waals surface area (Å²) < 4.78 is 0. The minimum absolute atomic E-state index is 1.37. The fraction of sp³-hybridized carbons (Fsp3) is 0.143. The highest BCUT2D eigenvalue weighted by Gasteiger charge is 2.50. The molecular formula is C35H36Si3. The molecule has 1 aliphatic heterocycles. The number of hydrogen-bond acceptors (Lipinski definition) is 0. The summed E-state index contributed by atoms with van der Waals surface area (Å²) in [6, 6.07) is 49.4. The van der Waals surface area contributed by atoms with Crippen molar-refractivity contribution in [2.45, 2.75) is 33.1 Å². The summed E-state index contributed by atoms with van der Waals surface area (Å²) in [6.07, 6.45) is 0. The molecule has 188 valence electrons. The molecule has 0 bridgehead atoms. The summed E-state index contributed by atoms with van der Waals surface area (Å²) >= 11 is 0. The van der Waals surface area contributed by atoms with Gasteiger partial charge in [0.05, 0.1) is 0 Å². The number of fused-ring (bicyclic) bond motifs is 3. The smallest absolute Gasteiger partial charge is 0.0627 e. The fourth-order valence-corrected chi connectivity index (χ4v) is 22.5. The molecule has 1 heterocycles. The normalized spacial score (nSPS) is 16.7. The van der Waals surface area contributed by atoms with E-state index >= 15 is 0 Å². The molecular weight excluding hydrogens is 505 g/mol. The summed E-state index contributed by atoms with van der Waals surface area (Å²) in [7, 11) is -6.83. The third-order valence-corrected chi connectivity index (χ3v) is 21.7. The Bertz CT molecular complexity index is 1580. The van der Waals surface area contributed by atoms with Crippen LogP contribution in [0.25, 0.3) is 0 Å². The molecule has 6 rings (SSSR count). The zero-order valence-electron chi connectivity index (χ0n) is 23.1. The Morgan fingerprint density at radius 3 is 1.21 bits per heavy atom. The van der Waals surface area contributed by atoms with E-state index in [-0.39, 0.29) is 0 Å². The lowest BCUT2D eigenvalue weighted by Gasteiger charge is -2.39. The molecule has 0 atom stereocenters. The van der Waals surface area contributed by atoms with Crippen LogP contribution in [-0.4, -0.2) is 24.2 Å². The van der Waals surface area contributed by atoms with Crippen LogP contribution in [0.4, 0.5) is 0 Å². The fourth-order valence-electron chi connectivity index (χ4n) is 7.03. The molecule has 1 aliphatic rings. The van der Waals surface area contributed by atoms with Gasteiger partial charge >= 0.3 is 0 Å². The number of hydrogen-bond donors (Lipinski definition) is 0. The average molecular weight is 541 g/mol. The Balaban J connectivity index is 1.92. The van der Waals surface area contributed by atoms with Crippen molar-refractivity contribution in [2.75, 3.05) is 0 Å². The predicted octanol–water partition coefficient (Wildman–Crippen LogP) is 3.33. The highest BCUT2D eigenvalue weighted by molar-refractivity contribution is 7.26. The highest BCUT2D eigenvalue weighted by atomic mass is 28.3.